The lowest BCUT2D eigenvalue weighted by molar-refractivity contribution is -0.137. The van der Waals surface area contributed by atoms with Crippen LogP contribution in [0.5, 0.6) is 0 Å². The summed E-state index contributed by atoms with van der Waals surface area (Å²) in [6, 6.07) is 5.46. The SMILES string of the molecule is CN(CCCCC(=O)O)Cc1c(Cl)cccc1Cl. The molecule has 0 amide bonds. The molecule has 0 fully saturated rings. The highest BCUT2D eigenvalue weighted by atomic mass is 35.5. The third kappa shape index (κ3) is 5.25. The summed E-state index contributed by atoms with van der Waals surface area (Å²) in [5, 5.41) is 9.87. The van der Waals surface area contributed by atoms with Crippen LogP contribution in [0, 0.1) is 0 Å². The monoisotopic (exact) mass is 289 g/mol. The molecule has 0 spiro atoms. The maximum Gasteiger partial charge on any atom is 0.303 e. The highest BCUT2D eigenvalue weighted by molar-refractivity contribution is 6.35. The first-order valence-electron chi connectivity index (χ1n) is 5.84. The fourth-order valence-electron chi connectivity index (χ4n) is 1.69. The van der Waals surface area contributed by atoms with Gasteiger partial charge in [-0.1, -0.05) is 29.3 Å². The Morgan fingerprint density at radius 3 is 2.44 bits per heavy atom. The van der Waals surface area contributed by atoms with Gasteiger partial charge in [0.05, 0.1) is 0 Å². The lowest BCUT2D eigenvalue weighted by Gasteiger charge is -2.18. The molecule has 0 aliphatic rings. The summed E-state index contributed by atoms with van der Waals surface area (Å²) in [6.07, 6.45) is 1.77. The van der Waals surface area contributed by atoms with Gasteiger partial charge in [-0.25, -0.2) is 0 Å². The lowest BCUT2D eigenvalue weighted by Crippen LogP contribution is -2.19. The van der Waals surface area contributed by atoms with Crippen molar-refractivity contribution < 1.29 is 9.90 Å². The summed E-state index contributed by atoms with van der Waals surface area (Å²) in [6.45, 7) is 1.50. The van der Waals surface area contributed by atoms with Gasteiger partial charge in [-0.15, -0.1) is 0 Å². The van der Waals surface area contributed by atoms with Crippen LogP contribution in [0.1, 0.15) is 24.8 Å². The summed E-state index contributed by atoms with van der Waals surface area (Å²) in [7, 11) is 1.97. The first kappa shape index (κ1) is 15.3. The second-order valence-corrected chi connectivity index (χ2v) is 5.10. The fourth-order valence-corrected chi connectivity index (χ4v) is 2.21. The Kier molecular flexibility index (Phi) is 6.47. The molecule has 0 aliphatic heterocycles. The number of unbranched alkanes of at least 4 members (excludes halogenated alkanes) is 1. The highest BCUT2D eigenvalue weighted by Crippen LogP contribution is 2.25. The Morgan fingerprint density at radius 2 is 1.89 bits per heavy atom. The van der Waals surface area contributed by atoms with Crippen LogP contribution < -0.4 is 0 Å². The summed E-state index contributed by atoms with van der Waals surface area (Å²) in [5.41, 5.74) is 0.918. The van der Waals surface area contributed by atoms with E-state index >= 15 is 0 Å². The van der Waals surface area contributed by atoms with Crippen LogP contribution in [0.15, 0.2) is 18.2 Å². The van der Waals surface area contributed by atoms with Crippen LogP contribution in [0.4, 0.5) is 0 Å². The van der Waals surface area contributed by atoms with Crippen molar-refractivity contribution in [3.8, 4) is 0 Å². The molecule has 1 aromatic carbocycles. The zero-order chi connectivity index (χ0) is 13.5. The van der Waals surface area contributed by atoms with Crippen molar-refractivity contribution in [2.75, 3.05) is 13.6 Å². The second-order valence-electron chi connectivity index (χ2n) is 4.29. The molecule has 1 aromatic rings. The van der Waals surface area contributed by atoms with Crippen LogP contribution in [-0.4, -0.2) is 29.6 Å². The Balaban J connectivity index is 2.40. The summed E-state index contributed by atoms with van der Waals surface area (Å²) in [5.74, 6) is -0.744. The van der Waals surface area contributed by atoms with Crippen LogP contribution in [0.3, 0.4) is 0 Å². The Hall–Kier alpha value is -0.770. The number of aliphatic carboxylic acids is 1. The number of nitrogens with zero attached hydrogens (tertiary/aromatic N) is 1. The second kappa shape index (κ2) is 7.62. The Bertz CT molecular complexity index is 390. The van der Waals surface area contributed by atoms with Crippen molar-refractivity contribution in [3.63, 3.8) is 0 Å². The molecule has 5 heteroatoms. The largest absolute Gasteiger partial charge is 0.481 e. The quantitative estimate of drug-likeness (QED) is 0.779. The van der Waals surface area contributed by atoms with E-state index in [4.69, 9.17) is 28.3 Å². The number of carboxylic acid groups (broad SMARTS) is 1. The van der Waals surface area contributed by atoms with E-state index < -0.39 is 5.97 Å². The molecule has 0 bridgehead atoms. The molecule has 0 radical (unpaired) electrons. The normalized spacial score (nSPS) is 10.9. The van der Waals surface area contributed by atoms with Crippen molar-refractivity contribution >= 4 is 29.2 Å². The minimum atomic E-state index is -0.744. The van der Waals surface area contributed by atoms with Crippen LogP contribution in [0.25, 0.3) is 0 Å². The number of carboxylic acids is 1. The molecule has 0 saturated carbocycles. The van der Waals surface area contributed by atoms with Crippen LogP contribution in [0.2, 0.25) is 10.0 Å². The first-order chi connectivity index (χ1) is 8.50. The van der Waals surface area contributed by atoms with E-state index in [1.54, 1.807) is 0 Å². The molecule has 0 aliphatic carbocycles. The molecule has 0 saturated heterocycles. The van der Waals surface area contributed by atoms with Gasteiger partial charge in [-0.2, -0.15) is 0 Å². The number of hydrogen-bond donors (Lipinski definition) is 1. The third-order valence-corrected chi connectivity index (χ3v) is 3.38. The first-order valence-corrected chi connectivity index (χ1v) is 6.59. The van der Waals surface area contributed by atoms with Gasteiger partial charge >= 0.3 is 5.97 Å². The fraction of sp³-hybridized carbons (Fsp3) is 0.462. The molecule has 0 aromatic heterocycles. The average Bonchev–Trinajstić information content (AvgIpc) is 2.29. The van der Waals surface area contributed by atoms with Gasteiger partial charge in [-0.05, 0) is 38.6 Å². The maximum absolute atomic E-state index is 10.4. The predicted molar refractivity (Wildman–Crippen MR) is 74.3 cm³/mol. The minimum Gasteiger partial charge on any atom is -0.481 e. The van der Waals surface area contributed by atoms with E-state index in [0.717, 1.165) is 18.5 Å². The van der Waals surface area contributed by atoms with Crippen molar-refractivity contribution in [2.45, 2.75) is 25.8 Å². The minimum absolute atomic E-state index is 0.223. The van der Waals surface area contributed by atoms with Crippen molar-refractivity contribution in [2.24, 2.45) is 0 Å². The van der Waals surface area contributed by atoms with E-state index in [0.29, 0.717) is 23.0 Å². The van der Waals surface area contributed by atoms with Crippen molar-refractivity contribution in [1.29, 1.82) is 0 Å². The summed E-state index contributed by atoms with van der Waals surface area (Å²) < 4.78 is 0. The van der Waals surface area contributed by atoms with E-state index in [-0.39, 0.29) is 6.42 Å². The zero-order valence-corrected chi connectivity index (χ0v) is 11.8. The smallest absolute Gasteiger partial charge is 0.303 e. The van der Waals surface area contributed by atoms with E-state index in [2.05, 4.69) is 4.90 Å². The molecular formula is C13H17Cl2NO2. The van der Waals surface area contributed by atoms with Gasteiger partial charge in [0.1, 0.15) is 0 Å². The van der Waals surface area contributed by atoms with Gasteiger partial charge in [0.2, 0.25) is 0 Å². The molecule has 1 rings (SSSR count). The van der Waals surface area contributed by atoms with E-state index in [9.17, 15) is 4.79 Å². The average molecular weight is 290 g/mol. The van der Waals surface area contributed by atoms with Crippen LogP contribution >= 0.6 is 23.2 Å². The van der Waals surface area contributed by atoms with Gasteiger partial charge in [0.25, 0.3) is 0 Å². The number of hydrogen-bond acceptors (Lipinski definition) is 2. The predicted octanol–water partition coefficient (Wildman–Crippen LogP) is 3.68. The topological polar surface area (TPSA) is 40.5 Å². The molecule has 0 atom stereocenters. The zero-order valence-electron chi connectivity index (χ0n) is 10.3. The summed E-state index contributed by atoms with van der Waals surface area (Å²) in [4.78, 5) is 12.5. The van der Waals surface area contributed by atoms with Crippen molar-refractivity contribution in [1.82, 2.24) is 4.90 Å². The lowest BCUT2D eigenvalue weighted by atomic mass is 10.2. The number of halogens is 2. The van der Waals surface area contributed by atoms with E-state index in [1.807, 2.05) is 25.2 Å². The molecule has 3 nitrogen and oxygen atoms in total. The Labute approximate surface area is 117 Å². The standard InChI is InChI=1S/C13H17Cl2NO2/c1-16(8-3-2-7-13(17)18)9-10-11(14)5-4-6-12(10)15/h4-6H,2-3,7-9H2,1H3,(H,17,18). The molecule has 18 heavy (non-hydrogen) atoms. The van der Waals surface area contributed by atoms with Crippen LogP contribution in [-0.2, 0) is 11.3 Å². The number of benzene rings is 1. The summed E-state index contributed by atoms with van der Waals surface area (Å²) >= 11 is 12.2. The number of carbonyl (C=O) groups is 1. The third-order valence-electron chi connectivity index (χ3n) is 2.67. The number of rotatable bonds is 7. The van der Waals surface area contributed by atoms with Gasteiger partial charge in [0, 0.05) is 28.6 Å². The molecule has 0 unspecified atom stereocenters. The van der Waals surface area contributed by atoms with E-state index in [1.165, 1.54) is 0 Å². The van der Waals surface area contributed by atoms with Crippen molar-refractivity contribution in [3.05, 3.63) is 33.8 Å². The highest BCUT2D eigenvalue weighted by Gasteiger charge is 2.08. The van der Waals surface area contributed by atoms with Gasteiger partial charge in [0.15, 0.2) is 0 Å². The molecule has 1 N–H and O–H groups in total. The molecular weight excluding hydrogens is 273 g/mol. The molecule has 100 valence electrons. The van der Waals surface area contributed by atoms with Gasteiger partial charge in [-0.3, -0.25) is 4.79 Å². The van der Waals surface area contributed by atoms with Gasteiger partial charge < -0.3 is 10.0 Å². The Morgan fingerprint density at radius 1 is 1.28 bits per heavy atom. The molecule has 0 heterocycles. The maximum atomic E-state index is 10.4.